The highest BCUT2D eigenvalue weighted by Crippen LogP contribution is 2.39. The molecule has 1 aliphatic carbocycles. The third kappa shape index (κ3) is 8.97. The molecule has 3 rings (SSSR count). The molecule has 7 heteroatoms. The van der Waals surface area contributed by atoms with E-state index in [4.69, 9.17) is 10.5 Å². The first-order chi connectivity index (χ1) is 14.9. The Morgan fingerprint density at radius 3 is 2.44 bits per heavy atom. The van der Waals surface area contributed by atoms with Gasteiger partial charge in [-0.3, -0.25) is 0 Å². The van der Waals surface area contributed by atoms with Crippen LogP contribution < -0.4 is 10.5 Å². The van der Waals surface area contributed by atoms with E-state index in [1.54, 1.807) is 6.92 Å². The van der Waals surface area contributed by atoms with E-state index in [0.29, 0.717) is 31.4 Å². The highest BCUT2D eigenvalue weighted by molar-refractivity contribution is 7.91. The van der Waals surface area contributed by atoms with Crippen LogP contribution in [0.3, 0.4) is 0 Å². The smallest absolute Gasteiger partial charge is 0.150 e. The van der Waals surface area contributed by atoms with Gasteiger partial charge in [0.25, 0.3) is 0 Å². The first-order valence-electron chi connectivity index (χ1n) is 11.2. The van der Waals surface area contributed by atoms with E-state index in [9.17, 15) is 8.42 Å². The molecular formula is C25H38ClNO3S2. The Morgan fingerprint density at radius 2 is 1.81 bits per heavy atom. The van der Waals surface area contributed by atoms with E-state index in [1.165, 1.54) is 16.7 Å². The standard InChI is InChI=1S/C23H31NO3S.C2H6S.ClH/c1-2-28(25,26)14-6-13-27-21-12-11-19-9-10-20(17-24)22(23(19)16-21)15-18-7-4-3-5-8-18;1-2-3;/h3-5,7-8,11-12,16,20,22H,2,6,9-10,13-15,17,24H2,1H3;3H,2H2,1H3;1H/t20-,22+;;/m0../s1. The van der Waals surface area contributed by atoms with Gasteiger partial charge in [0, 0.05) is 5.75 Å². The van der Waals surface area contributed by atoms with E-state index in [1.807, 2.05) is 19.1 Å². The Balaban J connectivity index is 0.00000121. The summed E-state index contributed by atoms with van der Waals surface area (Å²) in [6.07, 6.45) is 3.67. The second-order valence-electron chi connectivity index (χ2n) is 7.95. The molecular weight excluding hydrogens is 462 g/mol. The molecule has 0 unspecified atom stereocenters. The van der Waals surface area contributed by atoms with Gasteiger partial charge in [0.1, 0.15) is 15.6 Å². The molecule has 0 aliphatic heterocycles. The first-order valence-corrected chi connectivity index (χ1v) is 13.7. The molecule has 180 valence electrons. The summed E-state index contributed by atoms with van der Waals surface area (Å²) >= 11 is 3.79. The third-order valence-corrected chi connectivity index (χ3v) is 7.57. The number of ether oxygens (including phenoxy) is 1. The van der Waals surface area contributed by atoms with Crippen molar-refractivity contribution in [2.45, 2.75) is 45.4 Å². The van der Waals surface area contributed by atoms with Crippen LogP contribution in [0.25, 0.3) is 0 Å². The van der Waals surface area contributed by atoms with Crippen molar-refractivity contribution in [3.05, 3.63) is 65.2 Å². The van der Waals surface area contributed by atoms with Crippen molar-refractivity contribution in [3.63, 3.8) is 0 Å². The van der Waals surface area contributed by atoms with Gasteiger partial charge in [0.05, 0.1) is 12.4 Å². The van der Waals surface area contributed by atoms with Gasteiger partial charge < -0.3 is 10.5 Å². The Hall–Kier alpha value is -1.21. The van der Waals surface area contributed by atoms with Gasteiger partial charge >= 0.3 is 0 Å². The molecule has 2 atom stereocenters. The Labute approximate surface area is 206 Å². The van der Waals surface area contributed by atoms with Crippen LogP contribution in [0.15, 0.2) is 48.5 Å². The lowest BCUT2D eigenvalue weighted by Crippen LogP contribution is -2.28. The molecule has 0 bridgehead atoms. The van der Waals surface area contributed by atoms with Gasteiger partial charge in [0.2, 0.25) is 0 Å². The number of nitrogens with two attached hydrogens (primary N) is 1. The molecule has 0 saturated heterocycles. The van der Waals surface area contributed by atoms with Crippen LogP contribution in [0.2, 0.25) is 0 Å². The highest BCUT2D eigenvalue weighted by atomic mass is 35.5. The van der Waals surface area contributed by atoms with Crippen molar-refractivity contribution in [2.24, 2.45) is 11.7 Å². The molecule has 0 spiro atoms. The first kappa shape index (κ1) is 28.8. The summed E-state index contributed by atoms with van der Waals surface area (Å²) in [5, 5.41) is 0. The summed E-state index contributed by atoms with van der Waals surface area (Å²) in [5.41, 5.74) is 10.2. The van der Waals surface area contributed by atoms with Crippen molar-refractivity contribution in [3.8, 4) is 5.75 Å². The van der Waals surface area contributed by atoms with Gasteiger partial charge in [-0.25, -0.2) is 8.42 Å². The Morgan fingerprint density at radius 1 is 1.12 bits per heavy atom. The highest BCUT2D eigenvalue weighted by Gasteiger charge is 2.29. The maximum atomic E-state index is 11.6. The van der Waals surface area contributed by atoms with Crippen molar-refractivity contribution in [1.82, 2.24) is 0 Å². The average Bonchev–Trinajstić information content (AvgIpc) is 2.78. The van der Waals surface area contributed by atoms with Gasteiger partial charge in [-0.05, 0) is 78.6 Å². The minimum absolute atomic E-state index is 0. The predicted molar refractivity (Wildman–Crippen MR) is 141 cm³/mol. The largest absolute Gasteiger partial charge is 0.494 e. The van der Waals surface area contributed by atoms with Gasteiger partial charge in [0.15, 0.2) is 0 Å². The minimum atomic E-state index is -2.94. The summed E-state index contributed by atoms with van der Waals surface area (Å²) in [5.74, 6) is 2.99. The lowest BCUT2D eigenvalue weighted by atomic mass is 9.72. The molecule has 2 N–H and O–H groups in total. The summed E-state index contributed by atoms with van der Waals surface area (Å²) < 4.78 is 29.1. The SMILES string of the molecule is CCS.CCS(=O)(=O)CCCOc1ccc2c(c1)[C@H](Cc1ccccc1)[C@H](CN)CC2.Cl. The number of hydrogen-bond donors (Lipinski definition) is 2. The number of halogens is 1. The normalized spacial score (nSPS) is 17.4. The zero-order valence-corrected chi connectivity index (χ0v) is 21.7. The molecule has 32 heavy (non-hydrogen) atoms. The number of fused-ring (bicyclic) bond motifs is 1. The fourth-order valence-electron chi connectivity index (χ4n) is 4.07. The molecule has 0 aromatic heterocycles. The van der Waals surface area contributed by atoms with Crippen molar-refractivity contribution in [2.75, 3.05) is 30.4 Å². The fourth-order valence-corrected chi connectivity index (χ4v) is 4.92. The van der Waals surface area contributed by atoms with Crippen molar-refractivity contribution in [1.29, 1.82) is 0 Å². The van der Waals surface area contributed by atoms with Gasteiger partial charge in [-0.1, -0.05) is 50.2 Å². The maximum absolute atomic E-state index is 11.6. The summed E-state index contributed by atoms with van der Waals surface area (Å²) in [4.78, 5) is 0. The summed E-state index contributed by atoms with van der Waals surface area (Å²) in [6, 6.07) is 16.9. The molecule has 0 radical (unpaired) electrons. The lowest BCUT2D eigenvalue weighted by Gasteiger charge is -2.33. The van der Waals surface area contributed by atoms with E-state index < -0.39 is 9.84 Å². The van der Waals surface area contributed by atoms with Crippen LogP contribution in [0.5, 0.6) is 5.75 Å². The molecule has 0 amide bonds. The Bertz CT molecular complexity index is 891. The summed E-state index contributed by atoms with van der Waals surface area (Å²) in [7, 11) is -2.94. The number of aryl methyl sites for hydroxylation is 1. The maximum Gasteiger partial charge on any atom is 0.150 e. The monoisotopic (exact) mass is 499 g/mol. The molecule has 2 aromatic rings. The molecule has 0 saturated carbocycles. The topological polar surface area (TPSA) is 69.4 Å². The average molecular weight is 500 g/mol. The van der Waals surface area contributed by atoms with Crippen LogP contribution in [-0.4, -0.2) is 38.8 Å². The molecule has 1 aliphatic rings. The van der Waals surface area contributed by atoms with E-state index >= 15 is 0 Å². The van der Waals surface area contributed by atoms with Crippen molar-refractivity contribution < 1.29 is 13.2 Å². The van der Waals surface area contributed by atoms with Crippen LogP contribution in [0, 0.1) is 5.92 Å². The molecule has 2 aromatic carbocycles. The zero-order chi connectivity index (χ0) is 22.7. The minimum Gasteiger partial charge on any atom is -0.494 e. The third-order valence-electron chi connectivity index (χ3n) is 5.78. The second-order valence-corrected chi connectivity index (χ2v) is 11.1. The predicted octanol–water partition coefficient (Wildman–Crippen LogP) is 5.10. The lowest BCUT2D eigenvalue weighted by molar-refractivity contribution is 0.314. The quantitative estimate of drug-likeness (QED) is 0.372. The molecule has 4 nitrogen and oxygen atoms in total. The van der Waals surface area contributed by atoms with E-state index in [-0.39, 0.29) is 23.9 Å². The van der Waals surface area contributed by atoms with Crippen LogP contribution in [0.4, 0.5) is 0 Å². The van der Waals surface area contributed by atoms with Crippen LogP contribution in [0.1, 0.15) is 49.3 Å². The molecule has 0 heterocycles. The molecule has 0 fully saturated rings. The number of thiol groups is 1. The van der Waals surface area contributed by atoms with E-state index in [0.717, 1.165) is 30.8 Å². The number of hydrogen-bond acceptors (Lipinski definition) is 5. The van der Waals surface area contributed by atoms with Gasteiger partial charge in [-0.2, -0.15) is 12.6 Å². The van der Waals surface area contributed by atoms with Crippen LogP contribution in [-0.2, 0) is 22.7 Å². The number of rotatable bonds is 9. The Kier molecular flexibility index (Phi) is 13.4. The summed E-state index contributed by atoms with van der Waals surface area (Å²) in [6.45, 7) is 4.78. The van der Waals surface area contributed by atoms with Crippen molar-refractivity contribution >= 4 is 34.9 Å². The van der Waals surface area contributed by atoms with Gasteiger partial charge in [-0.15, -0.1) is 12.4 Å². The number of benzene rings is 2. The van der Waals surface area contributed by atoms with E-state index in [2.05, 4.69) is 49.0 Å². The number of sulfone groups is 1. The second kappa shape index (κ2) is 14.8. The van der Waals surface area contributed by atoms with Crippen LogP contribution >= 0.6 is 25.0 Å². The zero-order valence-electron chi connectivity index (χ0n) is 19.2. The fraction of sp³-hybridized carbons (Fsp3) is 0.520.